The Kier molecular flexibility index (Phi) is 6.70. The summed E-state index contributed by atoms with van der Waals surface area (Å²) < 4.78 is 24.4. The van der Waals surface area contributed by atoms with Crippen LogP contribution < -0.4 is 5.32 Å². The summed E-state index contributed by atoms with van der Waals surface area (Å²) in [7, 11) is -3.63. The van der Waals surface area contributed by atoms with E-state index in [1.165, 1.54) is 24.3 Å². The zero-order valence-electron chi connectivity index (χ0n) is 13.7. The first-order valence-corrected chi connectivity index (χ1v) is 9.80. The van der Waals surface area contributed by atoms with E-state index < -0.39 is 14.8 Å². The molecule has 9 heteroatoms. The summed E-state index contributed by atoms with van der Waals surface area (Å²) in [6, 6.07) is 12.1. The Morgan fingerprint density at radius 1 is 1.12 bits per heavy atom. The van der Waals surface area contributed by atoms with Crippen LogP contribution in [0.1, 0.15) is 12.0 Å². The number of rotatable bonds is 8. The number of carbonyl (C=O) groups is 1. The van der Waals surface area contributed by atoms with Crippen molar-refractivity contribution in [3.05, 3.63) is 69.2 Å². The summed E-state index contributed by atoms with van der Waals surface area (Å²) >= 11 is 5.88. The predicted octanol–water partition coefficient (Wildman–Crippen LogP) is 2.77. The van der Waals surface area contributed by atoms with Gasteiger partial charge in [-0.1, -0.05) is 35.9 Å². The lowest BCUT2D eigenvalue weighted by Gasteiger charge is -2.07. The molecule has 26 heavy (non-hydrogen) atoms. The van der Waals surface area contributed by atoms with Gasteiger partial charge in [0.15, 0.2) is 9.84 Å². The Balaban J connectivity index is 1.80. The van der Waals surface area contributed by atoms with Crippen molar-refractivity contribution in [1.82, 2.24) is 5.32 Å². The van der Waals surface area contributed by atoms with Gasteiger partial charge >= 0.3 is 0 Å². The topological polar surface area (TPSA) is 106 Å². The Labute approximate surface area is 156 Å². The first-order valence-electron chi connectivity index (χ1n) is 7.77. The summed E-state index contributed by atoms with van der Waals surface area (Å²) in [4.78, 5) is 22.0. The molecule has 0 bridgehead atoms. The zero-order valence-corrected chi connectivity index (χ0v) is 15.3. The number of nitrogens with zero attached hydrogens (tertiary/aromatic N) is 1. The van der Waals surface area contributed by atoms with Gasteiger partial charge in [-0.3, -0.25) is 14.9 Å². The Morgan fingerprint density at radius 3 is 2.38 bits per heavy atom. The lowest BCUT2D eigenvalue weighted by molar-refractivity contribution is -0.384. The largest absolute Gasteiger partial charge is 0.356 e. The van der Waals surface area contributed by atoms with Crippen LogP contribution in [-0.2, 0) is 21.1 Å². The van der Waals surface area contributed by atoms with E-state index in [-0.39, 0.29) is 33.7 Å². The number of hydrogen-bond donors (Lipinski definition) is 1. The molecule has 0 aliphatic rings. The molecule has 1 N–H and O–H groups in total. The van der Waals surface area contributed by atoms with Gasteiger partial charge in [0.05, 0.1) is 20.6 Å². The van der Waals surface area contributed by atoms with Gasteiger partial charge < -0.3 is 5.32 Å². The zero-order chi connectivity index (χ0) is 19.2. The lowest BCUT2D eigenvalue weighted by Crippen LogP contribution is -2.27. The number of carbonyl (C=O) groups excluding carboxylic acids is 1. The highest BCUT2D eigenvalue weighted by atomic mass is 35.5. The van der Waals surface area contributed by atoms with Crippen molar-refractivity contribution in [3.63, 3.8) is 0 Å². The molecule has 1 amide bonds. The van der Waals surface area contributed by atoms with E-state index in [0.717, 1.165) is 5.56 Å². The molecule has 0 atom stereocenters. The second kappa shape index (κ2) is 8.77. The first kappa shape index (κ1) is 19.9. The van der Waals surface area contributed by atoms with Crippen molar-refractivity contribution in [2.45, 2.75) is 17.7 Å². The van der Waals surface area contributed by atoms with Gasteiger partial charge in [-0.05, 0) is 24.1 Å². The second-order valence-electron chi connectivity index (χ2n) is 5.52. The summed E-state index contributed by atoms with van der Waals surface area (Å²) in [5, 5.41) is 13.4. The van der Waals surface area contributed by atoms with Gasteiger partial charge in [-0.2, -0.15) is 0 Å². The highest BCUT2D eigenvalue weighted by Gasteiger charge is 2.19. The van der Waals surface area contributed by atoms with Crippen molar-refractivity contribution >= 4 is 33.0 Å². The van der Waals surface area contributed by atoms with Crippen molar-refractivity contribution < 1.29 is 18.1 Å². The third kappa shape index (κ3) is 5.53. The van der Waals surface area contributed by atoms with Gasteiger partial charge in [-0.15, -0.1) is 0 Å². The van der Waals surface area contributed by atoms with Crippen LogP contribution in [0.5, 0.6) is 0 Å². The normalized spacial score (nSPS) is 11.1. The molecular formula is C17H17ClN2O5S. The van der Waals surface area contributed by atoms with Crippen molar-refractivity contribution in [1.29, 1.82) is 0 Å². The van der Waals surface area contributed by atoms with Crippen molar-refractivity contribution in [3.8, 4) is 0 Å². The number of benzene rings is 2. The van der Waals surface area contributed by atoms with Gasteiger partial charge in [0.2, 0.25) is 5.91 Å². The number of hydrogen-bond acceptors (Lipinski definition) is 5. The Bertz CT molecular complexity index is 898. The quantitative estimate of drug-likeness (QED) is 0.545. The standard InChI is InChI=1S/C17H17ClN2O5S/c18-15-3-1-2-4-16(15)26(24,25)12-10-17(21)19-11-9-13-5-7-14(8-6-13)20(22)23/h1-8H,9-12H2,(H,19,21). The van der Waals surface area contributed by atoms with Crippen LogP contribution in [0.25, 0.3) is 0 Å². The van der Waals surface area contributed by atoms with Crippen LogP contribution in [-0.4, -0.2) is 31.5 Å². The van der Waals surface area contributed by atoms with Gasteiger partial charge in [0, 0.05) is 25.1 Å². The molecule has 0 heterocycles. The number of non-ortho nitro benzene ring substituents is 1. The van der Waals surface area contributed by atoms with E-state index in [9.17, 15) is 23.3 Å². The molecular weight excluding hydrogens is 380 g/mol. The first-order chi connectivity index (χ1) is 12.3. The molecule has 0 aromatic heterocycles. The summed E-state index contributed by atoms with van der Waals surface area (Å²) in [5.41, 5.74) is 0.835. The maximum atomic E-state index is 12.2. The van der Waals surface area contributed by atoms with Crippen LogP contribution in [0.2, 0.25) is 5.02 Å². The number of amides is 1. The molecule has 0 saturated carbocycles. The highest BCUT2D eigenvalue weighted by Crippen LogP contribution is 2.22. The highest BCUT2D eigenvalue weighted by molar-refractivity contribution is 7.91. The fraction of sp³-hybridized carbons (Fsp3) is 0.235. The molecule has 0 unspecified atom stereocenters. The third-order valence-electron chi connectivity index (χ3n) is 3.65. The van der Waals surface area contributed by atoms with E-state index in [2.05, 4.69) is 5.32 Å². The fourth-order valence-corrected chi connectivity index (χ4v) is 4.07. The van der Waals surface area contributed by atoms with Crippen molar-refractivity contribution in [2.24, 2.45) is 0 Å². The van der Waals surface area contributed by atoms with Crippen LogP contribution in [0.15, 0.2) is 53.4 Å². The van der Waals surface area contributed by atoms with E-state index >= 15 is 0 Å². The number of nitro groups is 1. The number of nitrogens with one attached hydrogen (secondary N) is 1. The average Bonchev–Trinajstić information content (AvgIpc) is 2.61. The summed E-state index contributed by atoms with van der Waals surface area (Å²) in [6.45, 7) is 0.308. The molecule has 2 rings (SSSR count). The Morgan fingerprint density at radius 2 is 1.77 bits per heavy atom. The van der Waals surface area contributed by atoms with E-state index in [4.69, 9.17) is 11.6 Å². The van der Waals surface area contributed by atoms with Crippen LogP contribution in [0.4, 0.5) is 5.69 Å². The van der Waals surface area contributed by atoms with Gasteiger partial charge in [0.25, 0.3) is 5.69 Å². The minimum Gasteiger partial charge on any atom is -0.356 e. The molecule has 0 saturated heterocycles. The molecule has 2 aromatic rings. The van der Waals surface area contributed by atoms with Gasteiger partial charge in [-0.25, -0.2) is 8.42 Å². The molecule has 0 aliphatic carbocycles. The summed E-state index contributed by atoms with van der Waals surface area (Å²) in [6.07, 6.45) is 0.314. The molecule has 7 nitrogen and oxygen atoms in total. The third-order valence-corrected chi connectivity index (χ3v) is 5.86. The molecule has 0 fully saturated rings. The maximum absolute atomic E-state index is 12.2. The van der Waals surface area contributed by atoms with E-state index in [0.29, 0.717) is 13.0 Å². The minimum absolute atomic E-state index is 0.00237. The Hall–Kier alpha value is -2.45. The van der Waals surface area contributed by atoms with E-state index in [1.807, 2.05) is 0 Å². The number of sulfone groups is 1. The summed E-state index contributed by atoms with van der Waals surface area (Å²) in [5.74, 6) is -0.720. The van der Waals surface area contributed by atoms with Crippen LogP contribution in [0, 0.1) is 10.1 Å². The van der Waals surface area contributed by atoms with Gasteiger partial charge in [0.1, 0.15) is 0 Å². The molecule has 2 aromatic carbocycles. The van der Waals surface area contributed by atoms with E-state index in [1.54, 1.807) is 24.3 Å². The molecule has 0 spiro atoms. The smallest absolute Gasteiger partial charge is 0.269 e. The molecule has 0 radical (unpaired) electrons. The van der Waals surface area contributed by atoms with Crippen molar-refractivity contribution in [2.75, 3.05) is 12.3 Å². The number of nitro benzene ring substituents is 1. The predicted molar refractivity (Wildman–Crippen MR) is 97.9 cm³/mol. The SMILES string of the molecule is O=C(CCS(=O)(=O)c1ccccc1Cl)NCCc1ccc([N+](=O)[O-])cc1. The number of halogens is 1. The maximum Gasteiger partial charge on any atom is 0.269 e. The van der Waals surface area contributed by atoms with Crippen LogP contribution >= 0.6 is 11.6 Å². The van der Waals surface area contributed by atoms with Crippen LogP contribution in [0.3, 0.4) is 0 Å². The molecule has 0 aliphatic heterocycles. The fourth-order valence-electron chi connectivity index (χ4n) is 2.25. The average molecular weight is 397 g/mol. The molecule has 138 valence electrons. The minimum atomic E-state index is -3.63. The monoisotopic (exact) mass is 396 g/mol. The lowest BCUT2D eigenvalue weighted by atomic mass is 10.1. The second-order valence-corrected chi connectivity index (χ2v) is 8.01.